The molecule has 0 radical (unpaired) electrons. The highest BCUT2D eigenvalue weighted by atomic mass is 16.5. The van der Waals surface area contributed by atoms with Gasteiger partial charge in [0.25, 0.3) is 0 Å². The van der Waals surface area contributed by atoms with Crippen molar-refractivity contribution >= 4 is 0 Å². The highest BCUT2D eigenvalue weighted by Gasteiger charge is 2.22. The second-order valence-electron chi connectivity index (χ2n) is 9.55. The fourth-order valence-corrected chi connectivity index (χ4v) is 4.93. The van der Waals surface area contributed by atoms with Crippen molar-refractivity contribution < 1.29 is 9.15 Å². The summed E-state index contributed by atoms with van der Waals surface area (Å²) in [5.74, 6) is 3.25. The van der Waals surface area contributed by atoms with Gasteiger partial charge in [-0.1, -0.05) is 60.7 Å². The van der Waals surface area contributed by atoms with Crippen LogP contribution in [0.3, 0.4) is 0 Å². The van der Waals surface area contributed by atoms with Gasteiger partial charge in [-0.15, -0.1) is 0 Å². The molecular weight excluding hydrogens is 432 g/mol. The molecule has 5 rings (SSSR count). The van der Waals surface area contributed by atoms with Crippen LogP contribution >= 0.6 is 0 Å². The van der Waals surface area contributed by atoms with Gasteiger partial charge in [-0.05, 0) is 74.0 Å². The average molecular weight is 467 g/mol. The third kappa shape index (κ3) is 6.40. The molecule has 0 N–H and O–H groups in total. The first-order valence-corrected chi connectivity index (χ1v) is 12.7. The topological polar surface area (TPSA) is 38.5 Å². The Hall–Kier alpha value is -3.37. The third-order valence-electron chi connectivity index (χ3n) is 6.88. The summed E-state index contributed by atoms with van der Waals surface area (Å²) in [7, 11) is 0. The van der Waals surface area contributed by atoms with Crippen LogP contribution in [-0.2, 0) is 19.4 Å². The lowest BCUT2D eigenvalue weighted by atomic mass is 9.99. The molecule has 1 aliphatic rings. The van der Waals surface area contributed by atoms with Crippen molar-refractivity contribution in [3.05, 3.63) is 108 Å². The van der Waals surface area contributed by atoms with Crippen molar-refractivity contribution in [3.63, 3.8) is 0 Å². The fraction of sp³-hybridized carbons (Fsp3) is 0.323. The van der Waals surface area contributed by atoms with E-state index in [0.717, 1.165) is 48.1 Å². The van der Waals surface area contributed by atoms with Crippen molar-refractivity contribution in [1.82, 2.24) is 9.88 Å². The molecule has 1 fully saturated rings. The summed E-state index contributed by atoms with van der Waals surface area (Å²) in [4.78, 5) is 7.28. The van der Waals surface area contributed by atoms with E-state index in [0.29, 0.717) is 12.5 Å². The maximum atomic E-state index is 6.09. The molecule has 0 saturated carbocycles. The molecule has 4 aromatic rings. The van der Waals surface area contributed by atoms with E-state index in [1.807, 2.05) is 43.3 Å². The van der Waals surface area contributed by atoms with E-state index in [-0.39, 0.29) is 0 Å². The first-order valence-electron chi connectivity index (χ1n) is 12.7. The summed E-state index contributed by atoms with van der Waals surface area (Å²) < 4.78 is 12.0. The molecule has 2 heterocycles. The molecule has 0 spiro atoms. The third-order valence-corrected chi connectivity index (χ3v) is 6.88. The molecule has 180 valence electrons. The van der Waals surface area contributed by atoms with Crippen LogP contribution in [0.4, 0.5) is 0 Å². The molecule has 0 bridgehead atoms. The summed E-state index contributed by atoms with van der Waals surface area (Å²) in [6.07, 6.45) is 4.36. The van der Waals surface area contributed by atoms with Gasteiger partial charge in [0.15, 0.2) is 0 Å². The largest absolute Gasteiger partial charge is 0.493 e. The van der Waals surface area contributed by atoms with Gasteiger partial charge < -0.3 is 9.15 Å². The number of benzene rings is 3. The van der Waals surface area contributed by atoms with Gasteiger partial charge in [-0.2, -0.15) is 0 Å². The molecule has 4 nitrogen and oxygen atoms in total. The van der Waals surface area contributed by atoms with Crippen molar-refractivity contribution in [1.29, 1.82) is 0 Å². The molecule has 35 heavy (non-hydrogen) atoms. The minimum atomic E-state index is 0.585. The first-order chi connectivity index (χ1) is 17.2. The van der Waals surface area contributed by atoms with Crippen LogP contribution in [0.5, 0.6) is 5.75 Å². The van der Waals surface area contributed by atoms with Gasteiger partial charge in [0.05, 0.1) is 12.3 Å². The lowest BCUT2D eigenvalue weighted by molar-refractivity contribution is 0.313. The van der Waals surface area contributed by atoms with Crippen LogP contribution < -0.4 is 4.74 Å². The number of nitrogens with zero attached hydrogens (tertiary/aromatic N) is 2. The highest BCUT2D eigenvalue weighted by molar-refractivity contribution is 5.53. The lowest BCUT2D eigenvalue weighted by Crippen LogP contribution is -2.20. The number of rotatable bonds is 10. The Labute approximate surface area is 208 Å². The van der Waals surface area contributed by atoms with Crippen LogP contribution in [0.15, 0.2) is 89.3 Å². The maximum absolute atomic E-state index is 6.09. The number of aromatic nitrogens is 1. The van der Waals surface area contributed by atoms with Crippen LogP contribution in [-0.4, -0.2) is 29.6 Å². The maximum Gasteiger partial charge on any atom is 0.226 e. The summed E-state index contributed by atoms with van der Waals surface area (Å²) >= 11 is 0. The van der Waals surface area contributed by atoms with Gasteiger partial charge in [-0.3, -0.25) is 4.90 Å². The van der Waals surface area contributed by atoms with Gasteiger partial charge >= 0.3 is 0 Å². The minimum Gasteiger partial charge on any atom is -0.493 e. The van der Waals surface area contributed by atoms with Gasteiger partial charge in [0.2, 0.25) is 5.89 Å². The Morgan fingerprint density at radius 3 is 2.51 bits per heavy atom. The first kappa shape index (κ1) is 23.4. The number of hydrogen-bond donors (Lipinski definition) is 0. The monoisotopic (exact) mass is 466 g/mol. The zero-order valence-electron chi connectivity index (χ0n) is 20.5. The second-order valence-corrected chi connectivity index (χ2v) is 9.55. The number of aryl methyl sites for hydroxylation is 2. The summed E-state index contributed by atoms with van der Waals surface area (Å²) in [6.45, 7) is 6.03. The van der Waals surface area contributed by atoms with Gasteiger partial charge in [0.1, 0.15) is 11.5 Å². The predicted molar refractivity (Wildman–Crippen MR) is 140 cm³/mol. The van der Waals surface area contributed by atoms with E-state index in [2.05, 4.69) is 58.4 Å². The predicted octanol–water partition coefficient (Wildman–Crippen LogP) is 6.73. The molecule has 0 aliphatic carbocycles. The Balaban J connectivity index is 1.08. The van der Waals surface area contributed by atoms with Crippen LogP contribution in [0.1, 0.15) is 35.4 Å². The standard InChI is InChI=1S/C31H34N2O2/c1-24-30(32-31(35-24)28-12-6-3-7-13-28)18-20-34-29-14-8-11-25(21-29)15-16-27-17-19-33(23-27)22-26-9-4-2-5-10-26/h2-14,21,27H,15-20,22-23H2,1H3/t27-/m0/s1. The van der Waals surface area contributed by atoms with Crippen LogP contribution in [0.2, 0.25) is 0 Å². The zero-order valence-corrected chi connectivity index (χ0v) is 20.5. The van der Waals surface area contributed by atoms with E-state index in [4.69, 9.17) is 9.15 Å². The molecule has 1 atom stereocenters. The van der Waals surface area contributed by atoms with E-state index in [9.17, 15) is 0 Å². The van der Waals surface area contributed by atoms with E-state index < -0.39 is 0 Å². The van der Waals surface area contributed by atoms with Gasteiger partial charge in [0, 0.05) is 25.1 Å². The molecule has 4 heteroatoms. The van der Waals surface area contributed by atoms with E-state index in [1.54, 1.807) is 0 Å². The normalized spacial score (nSPS) is 16.0. The van der Waals surface area contributed by atoms with E-state index >= 15 is 0 Å². The second kappa shape index (κ2) is 11.4. The summed E-state index contributed by atoms with van der Waals surface area (Å²) in [5, 5.41) is 0. The zero-order chi connectivity index (χ0) is 23.9. The highest BCUT2D eigenvalue weighted by Crippen LogP contribution is 2.25. The summed E-state index contributed by atoms with van der Waals surface area (Å²) in [6, 6.07) is 29.4. The smallest absolute Gasteiger partial charge is 0.226 e. The van der Waals surface area contributed by atoms with Crippen molar-refractivity contribution in [2.75, 3.05) is 19.7 Å². The number of ether oxygens (including phenoxy) is 1. The minimum absolute atomic E-state index is 0.585. The Morgan fingerprint density at radius 2 is 1.69 bits per heavy atom. The molecule has 1 aliphatic heterocycles. The molecule has 1 aromatic heterocycles. The lowest BCUT2D eigenvalue weighted by Gasteiger charge is -2.16. The Bertz CT molecular complexity index is 1200. The Morgan fingerprint density at radius 1 is 0.914 bits per heavy atom. The van der Waals surface area contributed by atoms with E-state index in [1.165, 1.54) is 37.1 Å². The van der Waals surface area contributed by atoms with Crippen molar-refractivity contribution in [3.8, 4) is 17.2 Å². The quantitative estimate of drug-likeness (QED) is 0.260. The molecule has 0 unspecified atom stereocenters. The molecular formula is C31H34N2O2. The van der Waals surface area contributed by atoms with Crippen LogP contribution in [0, 0.1) is 12.8 Å². The SMILES string of the molecule is Cc1oc(-c2ccccc2)nc1CCOc1cccc(CC[C@H]2CCN(Cc3ccccc3)C2)c1. The fourth-order valence-electron chi connectivity index (χ4n) is 4.93. The molecule has 0 amide bonds. The number of oxazole rings is 1. The van der Waals surface area contributed by atoms with Gasteiger partial charge in [-0.25, -0.2) is 4.98 Å². The summed E-state index contributed by atoms with van der Waals surface area (Å²) in [5.41, 5.74) is 4.73. The number of hydrogen-bond acceptors (Lipinski definition) is 4. The molecule has 1 saturated heterocycles. The van der Waals surface area contributed by atoms with Crippen LogP contribution in [0.25, 0.3) is 11.5 Å². The van der Waals surface area contributed by atoms with Crippen molar-refractivity contribution in [2.45, 2.75) is 39.2 Å². The van der Waals surface area contributed by atoms with Crippen molar-refractivity contribution in [2.24, 2.45) is 5.92 Å². The average Bonchev–Trinajstić information content (AvgIpc) is 3.50. The Kier molecular flexibility index (Phi) is 7.59. The number of likely N-dealkylation sites (tertiary alicyclic amines) is 1. The molecule has 3 aromatic carbocycles.